The highest BCUT2D eigenvalue weighted by Crippen LogP contribution is 2.22. The first-order valence-electron chi connectivity index (χ1n) is 6.76. The molecule has 6 heteroatoms. The van der Waals surface area contributed by atoms with Crippen LogP contribution in [0.1, 0.15) is 32.8 Å². The van der Waals surface area contributed by atoms with Gasteiger partial charge in [-0.05, 0) is 23.6 Å². The maximum atomic E-state index is 13.8. The van der Waals surface area contributed by atoms with E-state index in [9.17, 15) is 12.8 Å². The molecule has 0 aliphatic heterocycles. The van der Waals surface area contributed by atoms with Crippen LogP contribution >= 0.6 is 0 Å². The van der Waals surface area contributed by atoms with E-state index in [4.69, 9.17) is 5.11 Å². The Bertz CT molecular complexity index is 545. The summed E-state index contributed by atoms with van der Waals surface area (Å²) in [6, 6.07) is 3.65. The second-order valence-corrected chi connectivity index (χ2v) is 6.80. The van der Waals surface area contributed by atoms with E-state index in [1.54, 1.807) is 6.92 Å². The van der Waals surface area contributed by atoms with Crippen LogP contribution in [0.2, 0.25) is 0 Å². The van der Waals surface area contributed by atoms with Gasteiger partial charge < -0.3 is 5.11 Å². The predicted molar refractivity (Wildman–Crippen MR) is 76.2 cm³/mol. The molecule has 1 rings (SSSR count). The molecular formula is C14H22FNO3S. The van der Waals surface area contributed by atoms with Gasteiger partial charge in [0.25, 0.3) is 0 Å². The fraction of sp³-hybridized carbons (Fsp3) is 0.571. The van der Waals surface area contributed by atoms with E-state index in [2.05, 4.69) is 0 Å². The lowest BCUT2D eigenvalue weighted by atomic mass is 10.1. The Labute approximate surface area is 120 Å². The predicted octanol–water partition coefficient (Wildman–Crippen LogP) is 2.37. The van der Waals surface area contributed by atoms with Crippen LogP contribution in [-0.2, 0) is 16.6 Å². The average Bonchev–Trinajstić information content (AvgIpc) is 2.44. The van der Waals surface area contributed by atoms with Crippen molar-refractivity contribution in [3.05, 3.63) is 29.6 Å². The summed E-state index contributed by atoms with van der Waals surface area (Å²) in [5.74, 6) is -0.585. The molecule has 20 heavy (non-hydrogen) atoms. The zero-order chi connectivity index (χ0) is 15.3. The number of halogens is 1. The van der Waals surface area contributed by atoms with E-state index in [-0.39, 0.29) is 24.0 Å². The topological polar surface area (TPSA) is 57.6 Å². The molecule has 1 aromatic rings. The van der Waals surface area contributed by atoms with Crippen LogP contribution in [0.15, 0.2) is 23.1 Å². The molecule has 114 valence electrons. The van der Waals surface area contributed by atoms with Gasteiger partial charge in [0, 0.05) is 13.1 Å². The average molecular weight is 303 g/mol. The third-order valence-electron chi connectivity index (χ3n) is 3.36. The standard InChI is InChI=1S/C14H22FNO3S/c1-4-11(3)9-16(5-2)20(18,19)14-8-12(10-17)6-7-13(14)15/h6-8,11,17H,4-5,9-10H2,1-3H3. The van der Waals surface area contributed by atoms with E-state index in [0.29, 0.717) is 12.1 Å². The molecule has 0 saturated heterocycles. The van der Waals surface area contributed by atoms with Crippen LogP contribution < -0.4 is 0 Å². The molecule has 0 aliphatic rings. The molecule has 1 aromatic carbocycles. The molecule has 1 atom stereocenters. The minimum Gasteiger partial charge on any atom is -0.392 e. The molecule has 0 fully saturated rings. The molecule has 0 aliphatic carbocycles. The Kier molecular flexibility index (Phi) is 6.10. The van der Waals surface area contributed by atoms with Crippen molar-refractivity contribution in [2.45, 2.75) is 38.7 Å². The van der Waals surface area contributed by atoms with Crippen molar-refractivity contribution >= 4 is 10.0 Å². The summed E-state index contributed by atoms with van der Waals surface area (Å²) < 4.78 is 40.1. The smallest absolute Gasteiger partial charge is 0.245 e. The van der Waals surface area contributed by atoms with Crippen molar-refractivity contribution in [2.24, 2.45) is 5.92 Å². The lowest BCUT2D eigenvalue weighted by Gasteiger charge is -2.23. The van der Waals surface area contributed by atoms with Crippen molar-refractivity contribution in [3.8, 4) is 0 Å². The molecule has 0 radical (unpaired) electrons. The van der Waals surface area contributed by atoms with Gasteiger partial charge >= 0.3 is 0 Å². The first kappa shape index (κ1) is 17.1. The van der Waals surface area contributed by atoms with Gasteiger partial charge in [-0.2, -0.15) is 4.31 Å². The Morgan fingerprint density at radius 2 is 2.00 bits per heavy atom. The minimum absolute atomic E-state index is 0.203. The molecule has 0 amide bonds. The Hall–Kier alpha value is -0.980. The Balaban J connectivity index is 3.19. The normalized spacial score (nSPS) is 13.7. The van der Waals surface area contributed by atoms with Gasteiger partial charge in [0.1, 0.15) is 10.7 Å². The Morgan fingerprint density at radius 1 is 1.35 bits per heavy atom. The lowest BCUT2D eigenvalue weighted by Crippen LogP contribution is -2.35. The SMILES string of the molecule is CCC(C)CN(CC)S(=O)(=O)c1cc(CO)ccc1F. The fourth-order valence-electron chi connectivity index (χ4n) is 1.86. The van der Waals surface area contributed by atoms with Crippen molar-refractivity contribution in [1.82, 2.24) is 4.31 Å². The molecule has 1 N–H and O–H groups in total. The summed E-state index contributed by atoms with van der Waals surface area (Å²) in [6.45, 7) is 6.00. The van der Waals surface area contributed by atoms with Crippen LogP contribution in [0.4, 0.5) is 4.39 Å². The highest BCUT2D eigenvalue weighted by Gasteiger charge is 2.27. The third kappa shape index (κ3) is 3.77. The Morgan fingerprint density at radius 3 is 2.50 bits per heavy atom. The first-order chi connectivity index (χ1) is 9.36. The van der Waals surface area contributed by atoms with E-state index >= 15 is 0 Å². The maximum absolute atomic E-state index is 13.8. The molecule has 1 unspecified atom stereocenters. The number of hydrogen-bond acceptors (Lipinski definition) is 3. The summed E-state index contributed by atoms with van der Waals surface area (Å²) >= 11 is 0. The van der Waals surface area contributed by atoms with Gasteiger partial charge in [-0.3, -0.25) is 0 Å². The number of aliphatic hydroxyl groups excluding tert-OH is 1. The van der Waals surface area contributed by atoms with E-state index in [1.807, 2.05) is 13.8 Å². The number of hydrogen-bond donors (Lipinski definition) is 1. The van der Waals surface area contributed by atoms with E-state index in [1.165, 1.54) is 16.4 Å². The maximum Gasteiger partial charge on any atom is 0.245 e. The molecule has 0 bridgehead atoms. The zero-order valence-corrected chi connectivity index (χ0v) is 13.0. The van der Waals surface area contributed by atoms with Gasteiger partial charge in [0.05, 0.1) is 6.61 Å². The van der Waals surface area contributed by atoms with Crippen molar-refractivity contribution in [3.63, 3.8) is 0 Å². The molecule has 4 nitrogen and oxygen atoms in total. The fourth-order valence-corrected chi connectivity index (χ4v) is 3.54. The van der Waals surface area contributed by atoms with Crippen LogP contribution in [0.3, 0.4) is 0 Å². The molecular weight excluding hydrogens is 281 g/mol. The number of nitrogens with zero attached hydrogens (tertiary/aromatic N) is 1. The summed E-state index contributed by atoms with van der Waals surface area (Å²) in [7, 11) is -3.87. The highest BCUT2D eigenvalue weighted by molar-refractivity contribution is 7.89. The van der Waals surface area contributed by atoms with Crippen molar-refractivity contribution in [1.29, 1.82) is 0 Å². The molecule has 0 saturated carbocycles. The van der Waals surface area contributed by atoms with Crippen LogP contribution in [-0.4, -0.2) is 30.9 Å². The first-order valence-corrected chi connectivity index (χ1v) is 8.20. The minimum atomic E-state index is -3.87. The second kappa shape index (κ2) is 7.15. The van der Waals surface area contributed by atoms with E-state index < -0.39 is 15.8 Å². The number of sulfonamides is 1. The molecule has 0 aromatic heterocycles. The van der Waals surface area contributed by atoms with Gasteiger partial charge in [-0.25, -0.2) is 12.8 Å². The zero-order valence-electron chi connectivity index (χ0n) is 12.1. The van der Waals surface area contributed by atoms with Crippen molar-refractivity contribution < 1.29 is 17.9 Å². The summed E-state index contributed by atoms with van der Waals surface area (Å²) in [5, 5.41) is 9.07. The largest absolute Gasteiger partial charge is 0.392 e. The van der Waals surface area contributed by atoms with Crippen LogP contribution in [0.25, 0.3) is 0 Å². The number of benzene rings is 1. The van der Waals surface area contributed by atoms with Crippen molar-refractivity contribution in [2.75, 3.05) is 13.1 Å². The summed E-state index contributed by atoms with van der Waals surface area (Å²) in [4.78, 5) is -0.366. The monoisotopic (exact) mass is 303 g/mol. The van der Waals surface area contributed by atoms with Gasteiger partial charge in [-0.1, -0.05) is 33.3 Å². The quantitative estimate of drug-likeness (QED) is 0.841. The van der Waals surface area contributed by atoms with Gasteiger partial charge in [-0.15, -0.1) is 0 Å². The number of aliphatic hydroxyl groups is 1. The van der Waals surface area contributed by atoms with Crippen LogP contribution in [0.5, 0.6) is 0 Å². The van der Waals surface area contributed by atoms with E-state index in [0.717, 1.165) is 12.5 Å². The third-order valence-corrected chi connectivity index (χ3v) is 5.32. The highest BCUT2D eigenvalue weighted by atomic mass is 32.2. The second-order valence-electron chi connectivity index (χ2n) is 4.89. The lowest BCUT2D eigenvalue weighted by molar-refractivity contribution is 0.281. The van der Waals surface area contributed by atoms with Gasteiger partial charge in [0.2, 0.25) is 10.0 Å². The van der Waals surface area contributed by atoms with Gasteiger partial charge in [0.15, 0.2) is 0 Å². The molecule has 0 spiro atoms. The van der Waals surface area contributed by atoms with Crippen LogP contribution in [0, 0.1) is 11.7 Å². The number of rotatable bonds is 7. The summed E-state index contributed by atoms with van der Waals surface area (Å²) in [5.41, 5.74) is 0.379. The molecule has 0 heterocycles. The summed E-state index contributed by atoms with van der Waals surface area (Å²) in [6.07, 6.45) is 0.852.